The summed E-state index contributed by atoms with van der Waals surface area (Å²) in [5.74, 6) is 0. The summed E-state index contributed by atoms with van der Waals surface area (Å²) in [5.41, 5.74) is 12.6. The smallest absolute Gasteiger partial charge is 0.0944 e. The molecule has 0 unspecified atom stereocenters. The highest BCUT2D eigenvalue weighted by molar-refractivity contribution is 6.15. The van der Waals surface area contributed by atoms with Gasteiger partial charge in [0.1, 0.15) is 0 Å². The van der Waals surface area contributed by atoms with E-state index < -0.39 is 5.41 Å². The topological polar surface area (TPSA) is 23.8 Å². The Bertz CT molecular complexity index is 2110. The molecule has 0 amide bonds. The maximum atomic E-state index is 9.54. The molecule has 1 heteroatoms. The molecule has 186 valence electrons. The summed E-state index contributed by atoms with van der Waals surface area (Å²) in [6.07, 6.45) is 1.91. The van der Waals surface area contributed by atoms with Crippen LogP contribution in [0.1, 0.15) is 34.7 Å². The van der Waals surface area contributed by atoms with Crippen molar-refractivity contribution in [3.63, 3.8) is 0 Å². The third-order valence-electron chi connectivity index (χ3n) is 8.90. The van der Waals surface area contributed by atoms with Crippen LogP contribution in [0.3, 0.4) is 0 Å². The number of hydrogen-bond acceptors (Lipinski definition) is 1. The first-order chi connectivity index (χ1) is 19.6. The van der Waals surface area contributed by atoms with Crippen molar-refractivity contribution in [3.8, 4) is 28.3 Å². The highest BCUT2D eigenvalue weighted by Crippen LogP contribution is 2.65. The van der Waals surface area contributed by atoms with Gasteiger partial charge in [0.25, 0.3) is 0 Å². The molecule has 0 saturated heterocycles. The van der Waals surface area contributed by atoms with E-state index in [1.54, 1.807) is 0 Å². The van der Waals surface area contributed by atoms with Gasteiger partial charge in [0.2, 0.25) is 0 Å². The predicted molar refractivity (Wildman–Crippen MR) is 166 cm³/mol. The van der Waals surface area contributed by atoms with Crippen LogP contribution in [0.5, 0.6) is 0 Å². The van der Waals surface area contributed by atoms with Crippen LogP contribution in [0.25, 0.3) is 49.4 Å². The zero-order valence-electron chi connectivity index (χ0n) is 22.2. The van der Waals surface area contributed by atoms with Gasteiger partial charge in [-0.25, -0.2) is 0 Å². The lowest BCUT2D eigenvalue weighted by atomic mass is 9.70. The lowest BCUT2D eigenvalue weighted by molar-refractivity contribution is 0.795. The van der Waals surface area contributed by atoms with E-state index in [0.29, 0.717) is 5.57 Å². The number of nitrogens with zero attached hydrogens (tertiary/aromatic N) is 1. The average Bonchev–Trinajstić information content (AvgIpc) is 3.48. The van der Waals surface area contributed by atoms with Crippen LogP contribution >= 0.6 is 0 Å². The molecular weight excluding hydrogens is 482 g/mol. The SMILES string of the molecule is C=C(/C=C(\C)C#N)c1cc2c(c3ccccc13)-c1c(ccc3ccccc13)C21c2ccccc2-c2ccccc21. The molecule has 1 nitrogen and oxygen atoms in total. The third kappa shape index (κ3) is 2.75. The van der Waals surface area contributed by atoms with Gasteiger partial charge in [0, 0.05) is 5.57 Å². The van der Waals surface area contributed by atoms with Crippen LogP contribution in [0.2, 0.25) is 0 Å². The Balaban J connectivity index is 1.63. The first-order valence-electron chi connectivity index (χ1n) is 13.7. The van der Waals surface area contributed by atoms with E-state index >= 15 is 0 Å². The third-order valence-corrected chi connectivity index (χ3v) is 8.90. The number of nitriles is 1. The van der Waals surface area contributed by atoms with Crippen molar-refractivity contribution in [3.05, 3.63) is 161 Å². The molecule has 6 aromatic rings. The Morgan fingerprint density at radius 3 is 1.93 bits per heavy atom. The molecule has 0 atom stereocenters. The largest absolute Gasteiger partial charge is 0.193 e. The minimum atomic E-state index is -0.449. The van der Waals surface area contributed by atoms with E-state index in [0.717, 1.165) is 16.5 Å². The molecule has 0 fully saturated rings. The van der Waals surface area contributed by atoms with Gasteiger partial charge in [-0.3, -0.25) is 0 Å². The van der Waals surface area contributed by atoms with Crippen molar-refractivity contribution in [2.75, 3.05) is 0 Å². The van der Waals surface area contributed by atoms with Crippen LogP contribution in [-0.2, 0) is 5.41 Å². The van der Waals surface area contributed by atoms with Gasteiger partial charge in [-0.2, -0.15) is 5.26 Å². The average molecular weight is 508 g/mol. The summed E-state index contributed by atoms with van der Waals surface area (Å²) >= 11 is 0. The molecule has 0 N–H and O–H groups in total. The zero-order valence-corrected chi connectivity index (χ0v) is 22.2. The second-order valence-corrected chi connectivity index (χ2v) is 10.9. The lowest BCUT2D eigenvalue weighted by Gasteiger charge is -2.31. The molecular formula is C39H25N. The van der Waals surface area contributed by atoms with Gasteiger partial charge in [-0.1, -0.05) is 116 Å². The maximum Gasteiger partial charge on any atom is 0.0944 e. The minimum Gasteiger partial charge on any atom is -0.193 e. The fraction of sp³-hybridized carbons (Fsp3) is 0.0513. The lowest BCUT2D eigenvalue weighted by Crippen LogP contribution is -2.26. The van der Waals surface area contributed by atoms with Crippen LogP contribution in [0.15, 0.2) is 133 Å². The van der Waals surface area contributed by atoms with Crippen molar-refractivity contribution in [1.82, 2.24) is 0 Å². The molecule has 40 heavy (non-hydrogen) atoms. The summed E-state index contributed by atoms with van der Waals surface area (Å²) in [4.78, 5) is 0. The quantitative estimate of drug-likeness (QED) is 0.169. The fourth-order valence-electron chi connectivity index (χ4n) is 7.39. The summed E-state index contributed by atoms with van der Waals surface area (Å²) in [6.45, 7) is 6.30. The van der Waals surface area contributed by atoms with E-state index in [-0.39, 0.29) is 0 Å². The molecule has 0 aliphatic heterocycles. The van der Waals surface area contributed by atoms with Crippen LogP contribution in [0, 0.1) is 11.3 Å². The fourth-order valence-corrected chi connectivity index (χ4v) is 7.39. The monoisotopic (exact) mass is 507 g/mol. The molecule has 0 heterocycles. The normalized spacial score (nSPS) is 14.1. The first-order valence-corrected chi connectivity index (χ1v) is 13.7. The molecule has 8 rings (SSSR count). The van der Waals surface area contributed by atoms with Gasteiger partial charge in [-0.15, -0.1) is 0 Å². The van der Waals surface area contributed by atoms with Crippen molar-refractivity contribution < 1.29 is 0 Å². The Labute approximate surface area is 234 Å². The summed E-state index contributed by atoms with van der Waals surface area (Å²) in [5, 5.41) is 14.4. The Kier molecular flexibility index (Phi) is 4.64. The summed E-state index contributed by atoms with van der Waals surface area (Å²) in [6, 6.07) is 44.5. The van der Waals surface area contributed by atoms with E-state index in [1.807, 2.05) is 13.0 Å². The van der Waals surface area contributed by atoms with E-state index in [1.165, 1.54) is 60.7 Å². The maximum absolute atomic E-state index is 9.54. The second kappa shape index (κ2) is 8.15. The van der Waals surface area contributed by atoms with Crippen molar-refractivity contribution in [1.29, 1.82) is 5.26 Å². The predicted octanol–water partition coefficient (Wildman–Crippen LogP) is 9.82. The highest BCUT2D eigenvalue weighted by Gasteiger charge is 2.52. The standard InChI is InChI=1S/C39H25N/c1-24(23-40)21-25(2)32-22-36-38(31-16-6-5-13-28(31)32)37-27-12-4-3-11-26(27)19-20-35(37)39(36)33-17-9-7-14-29(33)30-15-8-10-18-34(30)39/h3-22H,2H2,1H3/b24-21+. The zero-order chi connectivity index (χ0) is 27.0. The minimum absolute atomic E-state index is 0.449. The first kappa shape index (κ1) is 22.8. The van der Waals surface area contributed by atoms with E-state index in [2.05, 4.69) is 128 Å². The number of fused-ring (bicyclic) bond motifs is 14. The van der Waals surface area contributed by atoms with Crippen LogP contribution in [-0.4, -0.2) is 0 Å². The van der Waals surface area contributed by atoms with Gasteiger partial charge < -0.3 is 0 Å². The highest BCUT2D eigenvalue weighted by atomic mass is 14.5. The number of hydrogen-bond donors (Lipinski definition) is 0. The Hall–Kier alpha value is -5.19. The molecule has 0 bridgehead atoms. The second-order valence-electron chi connectivity index (χ2n) is 10.9. The van der Waals surface area contributed by atoms with Gasteiger partial charge in [-0.05, 0) is 96.3 Å². The van der Waals surface area contributed by atoms with Crippen LogP contribution in [0.4, 0.5) is 0 Å². The summed E-state index contributed by atoms with van der Waals surface area (Å²) in [7, 11) is 0. The molecule has 0 saturated carbocycles. The van der Waals surface area contributed by atoms with Crippen molar-refractivity contribution >= 4 is 27.1 Å². The Morgan fingerprint density at radius 1 is 0.650 bits per heavy atom. The van der Waals surface area contributed by atoms with Gasteiger partial charge in [0.05, 0.1) is 11.5 Å². The molecule has 0 aromatic heterocycles. The van der Waals surface area contributed by atoms with Crippen molar-refractivity contribution in [2.45, 2.75) is 12.3 Å². The summed E-state index contributed by atoms with van der Waals surface area (Å²) < 4.78 is 0. The van der Waals surface area contributed by atoms with E-state index in [9.17, 15) is 5.26 Å². The molecule has 0 radical (unpaired) electrons. The van der Waals surface area contributed by atoms with Gasteiger partial charge in [0.15, 0.2) is 0 Å². The molecule has 2 aliphatic rings. The molecule has 1 spiro atoms. The van der Waals surface area contributed by atoms with Crippen LogP contribution < -0.4 is 0 Å². The number of allylic oxidation sites excluding steroid dienone is 3. The van der Waals surface area contributed by atoms with Crippen molar-refractivity contribution in [2.24, 2.45) is 0 Å². The van der Waals surface area contributed by atoms with E-state index in [4.69, 9.17) is 0 Å². The molecule has 2 aliphatic carbocycles. The molecule has 6 aromatic carbocycles. The number of benzene rings is 6. The Morgan fingerprint density at radius 2 is 1.23 bits per heavy atom. The van der Waals surface area contributed by atoms with Gasteiger partial charge >= 0.3 is 0 Å². The number of rotatable bonds is 2.